The van der Waals surface area contributed by atoms with Crippen LogP contribution in [0.25, 0.3) is 0 Å². The first-order valence-corrected chi connectivity index (χ1v) is 8.98. The molecule has 10 heteroatoms. The molecule has 1 amide bonds. The molecule has 0 fully saturated rings. The normalized spacial score (nSPS) is 11.9. The molecule has 0 saturated carbocycles. The Balaban J connectivity index is 2.26. The summed E-state index contributed by atoms with van der Waals surface area (Å²) in [5, 5.41) is 2.39. The van der Waals surface area contributed by atoms with Crippen molar-refractivity contribution in [1.29, 1.82) is 0 Å². The maximum Gasteiger partial charge on any atom is 0.416 e. The standard InChI is InChI=1S/C15H12ClF3N2O3S/c1-25(23,24)21-13-7-9(5-6-12(13)16)14(22)20-11-4-2-3-10(8-11)15(17,18)19/h2-8,21H,1H3,(H,20,22). The summed E-state index contributed by atoms with van der Waals surface area (Å²) < 4.78 is 62.8. The SMILES string of the molecule is CS(=O)(=O)Nc1cc(C(=O)Nc2cccc(C(F)(F)F)c2)ccc1Cl. The van der Waals surface area contributed by atoms with Crippen molar-refractivity contribution in [2.24, 2.45) is 0 Å². The van der Waals surface area contributed by atoms with E-state index in [4.69, 9.17) is 11.6 Å². The van der Waals surface area contributed by atoms with Gasteiger partial charge < -0.3 is 5.32 Å². The van der Waals surface area contributed by atoms with Gasteiger partial charge in [0.05, 0.1) is 22.5 Å². The number of carbonyl (C=O) groups excluding carboxylic acids is 1. The molecule has 2 aromatic rings. The van der Waals surface area contributed by atoms with Crippen LogP contribution in [0.1, 0.15) is 15.9 Å². The van der Waals surface area contributed by atoms with Crippen molar-refractivity contribution in [1.82, 2.24) is 0 Å². The Kier molecular flexibility index (Phi) is 5.28. The van der Waals surface area contributed by atoms with E-state index in [1.165, 1.54) is 24.3 Å². The number of sulfonamides is 1. The number of carbonyl (C=O) groups is 1. The number of hydrogen-bond donors (Lipinski definition) is 2. The molecule has 2 N–H and O–H groups in total. The first-order chi connectivity index (χ1) is 11.5. The van der Waals surface area contributed by atoms with Gasteiger partial charge >= 0.3 is 6.18 Å². The van der Waals surface area contributed by atoms with Crippen LogP contribution in [0.4, 0.5) is 24.5 Å². The van der Waals surface area contributed by atoms with Crippen molar-refractivity contribution in [3.05, 3.63) is 58.6 Å². The zero-order chi connectivity index (χ0) is 18.8. The molecule has 134 valence electrons. The van der Waals surface area contributed by atoms with Gasteiger partial charge in [0, 0.05) is 11.3 Å². The van der Waals surface area contributed by atoms with Gasteiger partial charge in [-0.2, -0.15) is 13.2 Å². The van der Waals surface area contributed by atoms with Gasteiger partial charge in [-0.05, 0) is 36.4 Å². The van der Waals surface area contributed by atoms with Crippen molar-refractivity contribution in [2.75, 3.05) is 16.3 Å². The molecule has 25 heavy (non-hydrogen) atoms. The monoisotopic (exact) mass is 392 g/mol. The molecule has 0 aromatic heterocycles. The topological polar surface area (TPSA) is 75.3 Å². The van der Waals surface area contributed by atoms with Gasteiger partial charge in [-0.25, -0.2) is 8.42 Å². The second kappa shape index (κ2) is 6.93. The smallest absolute Gasteiger partial charge is 0.322 e. The number of amides is 1. The summed E-state index contributed by atoms with van der Waals surface area (Å²) in [7, 11) is -3.61. The number of rotatable bonds is 4. The highest BCUT2D eigenvalue weighted by atomic mass is 35.5. The Morgan fingerprint density at radius 3 is 2.40 bits per heavy atom. The number of nitrogens with one attached hydrogen (secondary N) is 2. The van der Waals surface area contributed by atoms with Crippen molar-refractivity contribution in [2.45, 2.75) is 6.18 Å². The minimum Gasteiger partial charge on any atom is -0.322 e. The Hall–Kier alpha value is -2.26. The second-order valence-electron chi connectivity index (χ2n) is 5.10. The first kappa shape index (κ1) is 19.1. The average molecular weight is 393 g/mol. The Morgan fingerprint density at radius 2 is 1.80 bits per heavy atom. The van der Waals surface area contributed by atoms with Crippen LogP contribution < -0.4 is 10.0 Å². The molecule has 0 radical (unpaired) electrons. The summed E-state index contributed by atoms with van der Waals surface area (Å²) in [6.07, 6.45) is -3.62. The fourth-order valence-corrected chi connectivity index (χ4v) is 2.71. The van der Waals surface area contributed by atoms with Crippen LogP contribution in [0, 0.1) is 0 Å². The maximum atomic E-state index is 12.7. The Labute approximate surface area is 146 Å². The molecule has 0 unspecified atom stereocenters. The van der Waals surface area contributed by atoms with E-state index in [2.05, 4.69) is 10.0 Å². The number of anilines is 2. The summed E-state index contributed by atoms with van der Waals surface area (Å²) in [4.78, 5) is 12.2. The van der Waals surface area contributed by atoms with Crippen LogP contribution >= 0.6 is 11.6 Å². The van der Waals surface area contributed by atoms with Crippen LogP contribution in [-0.2, 0) is 16.2 Å². The van der Waals surface area contributed by atoms with Crippen molar-refractivity contribution >= 4 is 38.9 Å². The third kappa shape index (κ3) is 5.36. The van der Waals surface area contributed by atoms with Gasteiger partial charge in [0.1, 0.15) is 0 Å². The third-order valence-corrected chi connectivity index (χ3v) is 3.89. The molecular weight excluding hydrogens is 381 g/mol. The number of alkyl halides is 3. The molecule has 0 atom stereocenters. The zero-order valence-electron chi connectivity index (χ0n) is 12.7. The highest BCUT2D eigenvalue weighted by molar-refractivity contribution is 7.92. The lowest BCUT2D eigenvalue weighted by atomic mass is 10.1. The summed E-state index contributed by atoms with van der Waals surface area (Å²) in [5.41, 5.74) is -0.943. The lowest BCUT2D eigenvalue weighted by Gasteiger charge is -2.11. The van der Waals surface area contributed by atoms with Crippen LogP contribution in [0.2, 0.25) is 5.02 Å². The molecule has 0 bridgehead atoms. The molecule has 2 aromatic carbocycles. The molecule has 0 spiro atoms. The lowest BCUT2D eigenvalue weighted by Crippen LogP contribution is -2.15. The largest absolute Gasteiger partial charge is 0.416 e. The summed E-state index contributed by atoms with van der Waals surface area (Å²) in [6, 6.07) is 7.95. The molecule has 0 aliphatic heterocycles. The number of benzene rings is 2. The number of halogens is 4. The average Bonchev–Trinajstić information content (AvgIpc) is 2.47. The van der Waals surface area contributed by atoms with Crippen molar-refractivity contribution in [3.8, 4) is 0 Å². The highest BCUT2D eigenvalue weighted by Crippen LogP contribution is 2.31. The van der Waals surface area contributed by atoms with Crippen LogP contribution in [0.3, 0.4) is 0 Å². The lowest BCUT2D eigenvalue weighted by molar-refractivity contribution is -0.137. The van der Waals surface area contributed by atoms with Gasteiger partial charge in [-0.1, -0.05) is 17.7 Å². The molecule has 0 aliphatic rings. The van der Waals surface area contributed by atoms with Crippen LogP contribution in [0.5, 0.6) is 0 Å². The van der Waals surface area contributed by atoms with E-state index in [-0.39, 0.29) is 22.0 Å². The van der Waals surface area contributed by atoms with Crippen molar-refractivity contribution in [3.63, 3.8) is 0 Å². The van der Waals surface area contributed by atoms with Crippen molar-refractivity contribution < 1.29 is 26.4 Å². The van der Waals surface area contributed by atoms with E-state index in [0.29, 0.717) is 0 Å². The highest BCUT2D eigenvalue weighted by Gasteiger charge is 2.30. The molecule has 0 heterocycles. The fraction of sp³-hybridized carbons (Fsp3) is 0.133. The minimum absolute atomic E-state index is 0.0131. The summed E-state index contributed by atoms with van der Waals surface area (Å²) >= 11 is 5.85. The fourth-order valence-electron chi connectivity index (χ4n) is 1.92. The van der Waals surface area contributed by atoms with Gasteiger partial charge in [-0.3, -0.25) is 9.52 Å². The minimum atomic E-state index is -4.53. The first-order valence-electron chi connectivity index (χ1n) is 6.72. The molecular formula is C15H12ClF3N2O3S. The maximum absolute atomic E-state index is 12.7. The van der Waals surface area contributed by atoms with E-state index in [1.54, 1.807) is 0 Å². The van der Waals surface area contributed by atoms with Crippen LogP contribution in [-0.4, -0.2) is 20.6 Å². The van der Waals surface area contributed by atoms with E-state index in [9.17, 15) is 26.4 Å². The molecule has 0 saturated heterocycles. The molecule has 5 nitrogen and oxygen atoms in total. The van der Waals surface area contributed by atoms with Gasteiger partial charge in [0.2, 0.25) is 10.0 Å². The molecule has 2 rings (SSSR count). The summed E-state index contributed by atoms with van der Waals surface area (Å²) in [6.45, 7) is 0. The summed E-state index contributed by atoms with van der Waals surface area (Å²) in [5.74, 6) is -0.715. The predicted octanol–water partition coefficient (Wildman–Crippen LogP) is 3.98. The van der Waals surface area contributed by atoms with E-state index < -0.39 is 27.7 Å². The quantitative estimate of drug-likeness (QED) is 0.826. The predicted molar refractivity (Wildman–Crippen MR) is 89.3 cm³/mol. The van der Waals surface area contributed by atoms with Crippen LogP contribution in [0.15, 0.2) is 42.5 Å². The Morgan fingerprint density at radius 1 is 1.12 bits per heavy atom. The Bertz CT molecular complexity index is 914. The van der Waals surface area contributed by atoms with Gasteiger partial charge in [0.25, 0.3) is 5.91 Å². The van der Waals surface area contributed by atoms with E-state index >= 15 is 0 Å². The van der Waals surface area contributed by atoms with Gasteiger partial charge in [0.15, 0.2) is 0 Å². The van der Waals surface area contributed by atoms with E-state index in [1.807, 2.05) is 0 Å². The zero-order valence-corrected chi connectivity index (χ0v) is 14.3. The number of hydrogen-bond acceptors (Lipinski definition) is 3. The second-order valence-corrected chi connectivity index (χ2v) is 7.26. The van der Waals surface area contributed by atoms with E-state index in [0.717, 1.165) is 24.5 Å². The van der Waals surface area contributed by atoms with Gasteiger partial charge in [-0.15, -0.1) is 0 Å². The third-order valence-electron chi connectivity index (χ3n) is 2.97. The molecule has 0 aliphatic carbocycles.